The number of hydrogen-bond acceptors (Lipinski definition) is 5. The zero-order valence-corrected chi connectivity index (χ0v) is 19.6. The fraction of sp³-hybridized carbons (Fsp3) is 0.154. The minimum atomic E-state index is -0.517. The molecule has 0 bridgehead atoms. The van der Waals surface area contributed by atoms with Crippen LogP contribution in [-0.4, -0.2) is 31.1 Å². The maximum absolute atomic E-state index is 13.1. The Morgan fingerprint density at radius 2 is 1.74 bits per heavy atom. The van der Waals surface area contributed by atoms with E-state index in [1.165, 1.54) is 0 Å². The van der Waals surface area contributed by atoms with Gasteiger partial charge in [-0.05, 0) is 63.2 Å². The van der Waals surface area contributed by atoms with Gasteiger partial charge < -0.3 is 8.98 Å². The van der Waals surface area contributed by atoms with E-state index in [4.69, 9.17) is 4.42 Å². The molecule has 0 aliphatic rings. The number of aryl methyl sites for hydroxylation is 3. The molecule has 0 fully saturated rings. The van der Waals surface area contributed by atoms with E-state index in [1.54, 1.807) is 35.1 Å². The van der Waals surface area contributed by atoms with E-state index in [2.05, 4.69) is 25.5 Å². The average Bonchev–Trinajstić information content (AvgIpc) is 3.58. The molecule has 0 aliphatic carbocycles. The summed E-state index contributed by atoms with van der Waals surface area (Å²) in [7, 11) is 0. The van der Waals surface area contributed by atoms with Gasteiger partial charge in [0.05, 0.1) is 22.3 Å². The van der Waals surface area contributed by atoms with E-state index in [1.807, 2.05) is 57.2 Å². The van der Waals surface area contributed by atoms with Crippen LogP contribution in [0.2, 0.25) is 0 Å². The van der Waals surface area contributed by atoms with E-state index in [0.717, 1.165) is 29.1 Å². The van der Waals surface area contributed by atoms with Gasteiger partial charge in [-0.25, -0.2) is 9.67 Å². The van der Waals surface area contributed by atoms with Gasteiger partial charge in [0.25, 0.3) is 11.8 Å². The van der Waals surface area contributed by atoms with Gasteiger partial charge in [0, 0.05) is 18.3 Å². The van der Waals surface area contributed by atoms with Crippen molar-refractivity contribution in [1.29, 1.82) is 0 Å². The first-order valence-electron chi connectivity index (χ1n) is 11.2. The number of imidazole rings is 1. The summed E-state index contributed by atoms with van der Waals surface area (Å²) in [6, 6.07) is 18.3. The second-order valence-electron chi connectivity index (χ2n) is 8.10. The normalized spacial score (nSPS) is 11.1. The Balaban J connectivity index is 1.39. The number of carbonyl (C=O) groups excluding carboxylic acids is 2. The van der Waals surface area contributed by atoms with Crippen molar-refractivity contribution in [2.45, 2.75) is 27.3 Å². The number of nitrogens with zero attached hydrogens (tertiary/aromatic N) is 4. The summed E-state index contributed by atoms with van der Waals surface area (Å²) in [4.78, 5) is 30.4. The van der Waals surface area contributed by atoms with Gasteiger partial charge in [-0.3, -0.25) is 20.4 Å². The van der Waals surface area contributed by atoms with Crippen molar-refractivity contribution in [2.24, 2.45) is 0 Å². The average molecular weight is 469 g/mol. The van der Waals surface area contributed by atoms with Gasteiger partial charge in [-0.1, -0.05) is 18.2 Å². The Bertz CT molecular complexity index is 1540. The number of hydrogen-bond donors (Lipinski definition) is 2. The SMILES string of the molecule is CCn1c(C)nc2cc(C(=O)NNC(=O)c3cn(-c4ccccc4)nc3-c3ccc(C)o3)ccc21. The van der Waals surface area contributed by atoms with E-state index in [-0.39, 0.29) is 5.56 Å². The molecule has 2 amide bonds. The summed E-state index contributed by atoms with van der Waals surface area (Å²) in [6.07, 6.45) is 1.61. The first kappa shape index (κ1) is 22.1. The van der Waals surface area contributed by atoms with Crippen LogP contribution in [-0.2, 0) is 6.54 Å². The summed E-state index contributed by atoms with van der Waals surface area (Å²) < 4.78 is 9.39. The fourth-order valence-electron chi connectivity index (χ4n) is 4.04. The number of para-hydroxylation sites is 1. The number of amides is 2. The van der Waals surface area contributed by atoms with Gasteiger partial charge in [-0.2, -0.15) is 5.10 Å². The summed E-state index contributed by atoms with van der Waals surface area (Å²) in [5, 5.41) is 4.56. The molecule has 0 radical (unpaired) electrons. The van der Waals surface area contributed by atoms with Crippen LogP contribution in [0.5, 0.6) is 0 Å². The van der Waals surface area contributed by atoms with Gasteiger partial charge in [0.2, 0.25) is 0 Å². The van der Waals surface area contributed by atoms with Gasteiger partial charge >= 0.3 is 0 Å². The van der Waals surface area contributed by atoms with Crippen molar-refractivity contribution in [3.63, 3.8) is 0 Å². The molecule has 5 aromatic rings. The number of fused-ring (bicyclic) bond motifs is 1. The molecule has 2 N–H and O–H groups in total. The topological polar surface area (TPSA) is 107 Å². The molecule has 3 heterocycles. The first-order valence-corrected chi connectivity index (χ1v) is 11.2. The number of furan rings is 1. The van der Waals surface area contributed by atoms with Gasteiger partial charge in [0.15, 0.2) is 5.76 Å². The molecule has 0 aliphatic heterocycles. The molecule has 0 spiro atoms. The second-order valence-corrected chi connectivity index (χ2v) is 8.10. The fourth-order valence-corrected chi connectivity index (χ4v) is 4.04. The zero-order chi connectivity index (χ0) is 24.5. The van der Waals surface area contributed by atoms with Crippen molar-refractivity contribution in [1.82, 2.24) is 30.2 Å². The molecule has 0 atom stereocenters. The van der Waals surface area contributed by atoms with Crippen molar-refractivity contribution >= 4 is 22.8 Å². The lowest BCUT2D eigenvalue weighted by molar-refractivity contribution is 0.0847. The highest BCUT2D eigenvalue weighted by Crippen LogP contribution is 2.25. The number of rotatable bonds is 5. The largest absolute Gasteiger partial charge is 0.460 e. The third-order valence-electron chi connectivity index (χ3n) is 5.76. The zero-order valence-electron chi connectivity index (χ0n) is 19.6. The van der Waals surface area contributed by atoms with Crippen LogP contribution in [0.3, 0.4) is 0 Å². The number of aromatic nitrogens is 4. The third kappa shape index (κ3) is 4.19. The molecule has 9 heteroatoms. The van der Waals surface area contributed by atoms with Crippen LogP contribution in [0.25, 0.3) is 28.2 Å². The molecular formula is C26H24N6O3. The molecule has 0 unspecified atom stereocenters. The van der Waals surface area contributed by atoms with Crippen molar-refractivity contribution in [2.75, 3.05) is 0 Å². The molecule has 176 valence electrons. The molecule has 2 aromatic carbocycles. The number of carbonyl (C=O) groups is 2. The summed E-state index contributed by atoms with van der Waals surface area (Å²) in [5.74, 6) is 1.07. The van der Waals surface area contributed by atoms with Crippen LogP contribution >= 0.6 is 0 Å². The first-order chi connectivity index (χ1) is 16.9. The predicted molar refractivity (Wildman–Crippen MR) is 131 cm³/mol. The lowest BCUT2D eigenvalue weighted by Gasteiger charge is -2.07. The van der Waals surface area contributed by atoms with Crippen molar-refractivity contribution in [3.8, 4) is 17.1 Å². The molecule has 0 saturated carbocycles. The number of benzene rings is 2. The monoisotopic (exact) mass is 468 g/mol. The summed E-state index contributed by atoms with van der Waals surface area (Å²) in [5.41, 5.74) is 8.47. The Hall–Kier alpha value is -4.66. The smallest absolute Gasteiger partial charge is 0.273 e. The van der Waals surface area contributed by atoms with E-state index >= 15 is 0 Å². The van der Waals surface area contributed by atoms with Crippen LogP contribution in [0.1, 0.15) is 39.2 Å². The summed E-state index contributed by atoms with van der Waals surface area (Å²) in [6.45, 7) is 6.58. The van der Waals surface area contributed by atoms with E-state index in [9.17, 15) is 9.59 Å². The van der Waals surface area contributed by atoms with E-state index < -0.39 is 11.8 Å². The molecule has 0 saturated heterocycles. The number of nitrogens with one attached hydrogen (secondary N) is 2. The molecule has 3 aromatic heterocycles. The highest BCUT2D eigenvalue weighted by Gasteiger charge is 2.22. The molecule has 35 heavy (non-hydrogen) atoms. The lowest BCUT2D eigenvalue weighted by Crippen LogP contribution is -2.41. The standard InChI is InChI=1S/C26H24N6O3/c1-4-31-17(3)27-21-14-18(11-12-22(21)31)25(33)28-29-26(34)20-15-32(19-8-6-5-7-9-19)30-24(20)23-13-10-16(2)35-23/h5-15H,4H2,1-3H3,(H,28,33)(H,29,34). The number of hydrazine groups is 1. The third-order valence-corrected chi connectivity index (χ3v) is 5.76. The maximum Gasteiger partial charge on any atom is 0.273 e. The highest BCUT2D eigenvalue weighted by atomic mass is 16.3. The van der Waals surface area contributed by atoms with Crippen molar-refractivity contribution in [3.05, 3.63) is 89.6 Å². The van der Waals surface area contributed by atoms with Crippen LogP contribution < -0.4 is 10.9 Å². The van der Waals surface area contributed by atoms with Crippen molar-refractivity contribution < 1.29 is 14.0 Å². The van der Waals surface area contributed by atoms with Crippen LogP contribution in [0, 0.1) is 13.8 Å². The maximum atomic E-state index is 13.1. The summed E-state index contributed by atoms with van der Waals surface area (Å²) >= 11 is 0. The Morgan fingerprint density at radius 1 is 0.971 bits per heavy atom. The Labute approximate surface area is 201 Å². The highest BCUT2D eigenvalue weighted by molar-refractivity contribution is 6.02. The predicted octanol–water partition coefficient (Wildman–Crippen LogP) is 4.19. The molecule has 9 nitrogen and oxygen atoms in total. The minimum Gasteiger partial charge on any atom is -0.460 e. The van der Waals surface area contributed by atoms with Gasteiger partial charge in [0.1, 0.15) is 17.3 Å². The quantitative estimate of drug-likeness (QED) is 0.376. The minimum absolute atomic E-state index is 0.260. The Morgan fingerprint density at radius 3 is 2.46 bits per heavy atom. The van der Waals surface area contributed by atoms with Gasteiger partial charge in [-0.15, -0.1) is 0 Å². The molecular weight excluding hydrogens is 444 g/mol. The lowest BCUT2D eigenvalue weighted by atomic mass is 10.2. The van der Waals surface area contributed by atoms with E-state index in [0.29, 0.717) is 22.8 Å². The Kier molecular flexibility index (Phi) is 5.66. The molecule has 5 rings (SSSR count). The van der Waals surface area contributed by atoms with Crippen LogP contribution in [0.4, 0.5) is 0 Å². The van der Waals surface area contributed by atoms with Crippen LogP contribution in [0.15, 0.2) is 71.3 Å². The second kappa shape index (κ2) is 8.94.